The van der Waals surface area contributed by atoms with E-state index in [9.17, 15) is 9.59 Å². The summed E-state index contributed by atoms with van der Waals surface area (Å²) in [5.74, 6) is 0.419. The Morgan fingerprint density at radius 2 is 1.70 bits per heavy atom. The average Bonchev–Trinajstić information content (AvgIpc) is 2.94. The highest BCUT2D eigenvalue weighted by Crippen LogP contribution is 2.23. The van der Waals surface area contributed by atoms with Crippen molar-refractivity contribution >= 4 is 45.1 Å². The molecule has 1 N–H and O–H groups in total. The first-order valence-corrected chi connectivity index (χ1v) is 12.6. The van der Waals surface area contributed by atoms with Gasteiger partial charge in [-0.2, -0.15) is 5.10 Å². The summed E-state index contributed by atoms with van der Waals surface area (Å²) in [5, 5.41) is 7.45. The number of carbonyl (C=O) groups excluding carboxylic acids is 1. The second-order valence-corrected chi connectivity index (χ2v) is 9.28. The molecule has 37 heavy (non-hydrogen) atoms. The summed E-state index contributed by atoms with van der Waals surface area (Å²) in [7, 11) is 1.59. The molecule has 5 rings (SSSR count). The number of benzene rings is 4. The van der Waals surface area contributed by atoms with Gasteiger partial charge in [0, 0.05) is 0 Å². The van der Waals surface area contributed by atoms with Crippen LogP contribution in [0, 0.1) is 0 Å². The molecule has 0 aliphatic rings. The Morgan fingerprint density at radius 1 is 0.973 bits per heavy atom. The molecule has 0 saturated heterocycles. The Hall–Kier alpha value is -4.43. The molecule has 0 spiro atoms. The number of hydrogen-bond donors (Lipinski definition) is 1. The number of thioether (sulfide) groups is 1. The van der Waals surface area contributed by atoms with E-state index in [-0.39, 0.29) is 17.2 Å². The number of carbonyl (C=O) groups is 1. The molecule has 5 aromatic rings. The normalized spacial score (nSPS) is 11.6. The lowest BCUT2D eigenvalue weighted by Crippen LogP contribution is -2.24. The number of hydrogen-bond acceptors (Lipinski definition) is 6. The Morgan fingerprint density at radius 3 is 2.49 bits per heavy atom. The monoisotopic (exact) mass is 508 g/mol. The molecule has 0 unspecified atom stereocenters. The van der Waals surface area contributed by atoms with Crippen LogP contribution in [0.15, 0.2) is 106 Å². The first-order valence-electron chi connectivity index (χ1n) is 11.6. The predicted octanol–water partition coefficient (Wildman–Crippen LogP) is 5.18. The summed E-state index contributed by atoms with van der Waals surface area (Å²) in [6.45, 7) is 1.85. The number of aromatic nitrogens is 2. The van der Waals surface area contributed by atoms with Crippen molar-refractivity contribution in [1.29, 1.82) is 0 Å². The Balaban J connectivity index is 1.37. The number of fused-ring (bicyclic) bond motifs is 2. The zero-order chi connectivity index (χ0) is 25.8. The molecular weight excluding hydrogens is 484 g/mol. The number of hydrazone groups is 1. The van der Waals surface area contributed by atoms with Crippen molar-refractivity contribution in [1.82, 2.24) is 15.0 Å². The van der Waals surface area contributed by atoms with Gasteiger partial charge < -0.3 is 4.74 Å². The van der Waals surface area contributed by atoms with Crippen molar-refractivity contribution in [3.8, 4) is 11.4 Å². The quantitative estimate of drug-likeness (QED) is 0.142. The van der Waals surface area contributed by atoms with Gasteiger partial charge in [0.25, 0.3) is 11.5 Å². The van der Waals surface area contributed by atoms with E-state index in [1.54, 1.807) is 49.6 Å². The minimum atomic E-state index is -0.297. The van der Waals surface area contributed by atoms with Gasteiger partial charge in [0.05, 0.1) is 35.2 Å². The van der Waals surface area contributed by atoms with Crippen LogP contribution in [0.2, 0.25) is 0 Å². The van der Waals surface area contributed by atoms with Crippen molar-refractivity contribution in [3.63, 3.8) is 0 Å². The van der Waals surface area contributed by atoms with E-state index in [1.807, 2.05) is 49.4 Å². The molecule has 0 aliphatic heterocycles. The lowest BCUT2D eigenvalue weighted by Gasteiger charge is -2.13. The smallest absolute Gasteiger partial charge is 0.266 e. The molecule has 0 aliphatic carbocycles. The Labute approximate surface area is 217 Å². The zero-order valence-electron chi connectivity index (χ0n) is 20.3. The zero-order valence-corrected chi connectivity index (χ0v) is 21.2. The second kappa shape index (κ2) is 10.7. The fourth-order valence-corrected chi connectivity index (χ4v) is 4.76. The van der Waals surface area contributed by atoms with Gasteiger partial charge in [-0.05, 0) is 65.7 Å². The maximum atomic E-state index is 13.4. The van der Waals surface area contributed by atoms with Gasteiger partial charge in [-0.3, -0.25) is 14.2 Å². The van der Waals surface area contributed by atoms with Gasteiger partial charge in [-0.1, -0.05) is 60.3 Å². The minimum absolute atomic E-state index is 0.0371. The molecule has 7 nitrogen and oxygen atoms in total. The molecular formula is C29H24N4O3S. The third-order valence-corrected chi connectivity index (χ3v) is 6.86. The van der Waals surface area contributed by atoms with Crippen LogP contribution in [0.3, 0.4) is 0 Å². The highest BCUT2D eigenvalue weighted by molar-refractivity contribution is 7.99. The number of para-hydroxylation sites is 1. The standard InChI is InChI=1S/C29H24N4O3S/c1-19(21-12-11-20-7-3-4-8-22(20)17-21)31-32-27(34)18-37-29-30-26-10-6-5-9-25(26)28(35)33(29)23-13-15-24(36-2)16-14-23/h3-17H,18H2,1-2H3,(H,32,34)/b31-19-. The van der Waals surface area contributed by atoms with E-state index in [4.69, 9.17) is 4.74 Å². The molecule has 1 heterocycles. The number of nitrogens with one attached hydrogen (secondary N) is 1. The molecule has 0 bridgehead atoms. The van der Waals surface area contributed by atoms with E-state index < -0.39 is 0 Å². The number of methoxy groups -OCH3 is 1. The molecule has 0 radical (unpaired) electrons. The number of nitrogens with zero attached hydrogens (tertiary/aromatic N) is 3. The minimum Gasteiger partial charge on any atom is -0.497 e. The summed E-state index contributed by atoms with van der Waals surface area (Å²) in [6, 6.07) is 28.5. The largest absolute Gasteiger partial charge is 0.497 e. The molecule has 8 heteroatoms. The average molecular weight is 509 g/mol. The van der Waals surface area contributed by atoms with Crippen LogP contribution in [0.1, 0.15) is 12.5 Å². The van der Waals surface area contributed by atoms with Gasteiger partial charge >= 0.3 is 0 Å². The SMILES string of the molecule is COc1ccc(-n2c(SCC(=O)N/N=C(/C)c3ccc4ccccc4c3)nc3ccccc3c2=O)cc1. The molecule has 0 fully saturated rings. The number of rotatable bonds is 7. The lowest BCUT2D eigenvalue weighted by molar-refractivity contribution is -0.118. The Bertz CT molecular complexity index is 1690. The van der Waals surface area contributed by atoms with Crippen LogP contribution in [-0.4, -0.2) is 34.0 Å². The van der Waals surface area contributed by atoms with E-state index >= 15 is 0 Å². The van der Waals surface area contributed by atoms with Gasteiger partial charge in [0.2, 0.25) is 0 Å². The summed E-state index contributed by atoms with van der Waals surface area (Å²) >= 11 is 1.18. The van der Waals surface area contributed by atoms with Gasteiger partial charge in [0.15, 0.2) is 5.16 Å². The van der Waals surface area contributed by atoms with E-state index in [0.29, 0.717) is 33.2 Å². The fourth-order valence-electron chi connectivity index (χ4n) is 3.96. The summed E-state index contributed by atoms with van der Waals surface area (Å²) in [4.78, 5) is 30.7. The highest BCUT2D eigenvalue weighted by atomic mass is 32.2. The molecule has 184 valence electrons. The Kier molecular flexibility index (Phi) is 7.00. The third-order valence-electron chi connectivity index (χ3n) is 5.92. The third kappa shape index (κ3) is 5.24. The van der Waals surface area contributed by atoms with Gasteiger partial charge in [-0.25, -0.2) is 10.4 Å². The fraction of sp³-hybridized carbons (Fsp3) is 0.103. The topological polar surface area (TPSA) is 85.6 Å². The summed E-state index contributed by atoms with van der Waals surface area (Å²) in [5.41, 5.74) is 5.25. The van der Waals surface area contributed by atoms with Crippen LogP contribution in [0.4, 0.5) is 0 Å². The van der Waals surface area contributed by atoms with Crippen LogP contribution in [0.5, 0.6) is 5.75 Å². The van der Waals surface area contributed by atoms with E-state index in [1.165, 1.54) is 16.3 Å². The van der Waals surface area contributed by atoms with Crippen LogP contribution < -0.4 is 15.7 Å². The van der Waals surface area contributed by atoms with Gasteiger partial charge in [0.1, 0.15) is 5.75 Å². The molecule has 1 aromatic heterocycles. The molecule has 4 aromatic carbocycles. The second-order valence-electron chi connectivity index (χ2n) is 8.33. The molecule has 1 amide bonds. The van der Waals surface area contributed by atoms with Crippen molar-refractivity contribution in [2.45, 2.75) is 12.1 Å². The maximum Gasteiger partial charge on any atom is 0.266 e. The van der Waals surface area contributed by atoms with Crippen LogP contribution in [-0.2, 0) is 4.79 Å². The maximum absolute atomic E-state index is 13.4. The number of amides is 1. The molecule has 0 saturated carbocycles. The van der Waals surface area contributed by atoms with Crippen LogP contribution >= 0.6 is 11.8 Å². The summed E-state index contributed by atoms with van der Waals surface area (Å²) in [6.07, 6.45) is 0. The molecule has 0 atom stereocenters. The van der Waals surface area contributed by atoms with Crippen molar-refractivity contribution in [2.75, 3.05) is 12.9 Å². The number of ether oxygens (including phenoxy) is 1. The van der Waals surface area contributed by atoms with E-state index in [2.05, 4.69) is 21.6 Å². The van der Waals surface area contributed by atoms with E-state index in [0.717, 1.165) is 16.3 Å². The summed E-state index contributed by atoms with van der Waals surface area (Å²) < 4.78 is 6.76. The van der Waals surface area contributed by atoms with Crippen molar-refractivity contribution < 1.29 is 9.53 Å². The van der Waals surface area contributed by atoms with Crippen LogP contribution in [0.25, 0.3) is 27.4 Å². The first kappa shape index (κ1) is 24.3. The predicted molar refractivity (Wildman–Crippen MR) is 149 cm³/mol. The highest BCUT2D eigenvalue weighted by Gasteiger charge is 2.15. The lowest BCUT2D eigenvalue weighted by atomic mass is 10.0. The first-order chi connectivity index (χ1) is 18.0. The van der Waals surface area contributed by atoms with Crippen molar-refractivity contribution in [2.24, 2.45) is 5.10 Å². The van der Waals surface area contributed by atoms with Crippen molar-refractivity contribution in [3.05, 3.63) is 107 Å². The van der Waals surface area contributed by atoms with Gasteiger partial charge in [-0.15, -0.1) is 0 Å².